The topological polar surface area (TPSA) is 47.8 Å². The maximum Gasteiger partial charge on any atom is 0.0991 e. The van der Waals surface area contributed by atoms with Crippen molar-refractivity contribution in [1.82, 2.24) is 14.5 Å². The fourth-order valence-corrected chi connectivity index (χ4v) is 2.96. The molecule has 3 rings (SSSR count). The summed E-state index contributed by atoms with van der Waals surface area (Å²) in [7, 11) is -0.902. The zero-order valence-electron chi connectivity index (χ0n) is 11.6. The Morgan fingerprint density at radius 1 is 1.14 bits per heavy atom. The lowest BCUT2D eigenvalue weighted by Gasteiger charge is -2.12. The second kappa shape index (κ2) is 6.01. The van der Waals surface area contributed by atoms with Crippen LogP contribution in [0.3, 0.4) is 0 Å². The molecule has 1 atom stereocenters. The second-order valence-corrected chi connectivity index (χ2v) is 6.21. The van der Waals surface area contributed by atoms with E-state index < -0.39 is 10.8 Å². The molecule has 1 unspecified atom stereocenters. The molecule has 106 valence electrons. The summed E-state index contributed by atoms with van der Waals surface area (Å²) < 4.78 is 13.6. The fourth-order valence-electron chi connectivity index (χ4n) is 2.29. The van der Waals surface area contributed by atoms with Gasteiger partial charge in [-0.3, -0.25) is 9.19 Å². The predicted octanol–water partition coefficient (Wildman–Crippen LogP) is 2.81. The van der Waals surface area contributed by atoms with Crippen molar-refractivity contribution in [3.05, 3.63) is 67.0 Å². The van der Waals surface area contributed by atoms with E-state index in [9.17, 15) is 4.21 Å². The molecule has 0 saturated heterocycles. The Kier molecular flexibility index (Phi) is 3.92. The van der Waals surface area contributed by atoms with Gasteiger partial charge in [0.05, 0.1) is 17.8 Å². The highest BCUT2D eigenvalue weighted by molar-refractivity contribution is 7.83. The smallest absolute Gasteiger partial charge is 0.0991 e. The molecule has 0 amide bonds. The second-order valence-electron chi connectivity index (χ2n) is 4.77. The minimum Gasteiger partial charge on any atom is -0.306 e. The van der Waals surface area contributed by atoms with E-state index in [2.05, 4.69) is 22.1 Å². The first-order chi connectivity index (χ1) is 10.2. The lowest BCUT2D eigenvalue weighted by molar-refractivity contribution is 0.686. The van der Waals surface area contributed by atoms with Crippen molar-refractivity contribution >= 4 is 10.8 Å². The number of hydrogen-bond donors (Lipinski definition) is 0. The molecule has 0 bridgehead atoms. The van der Waals surface area contributed by atoms with Crippen LogP contribution < -0.4 is 0 Å². The number of rotatable bonds is 4. The summed E-state index contributed by atoms with van der Waals surface area (Å²) in [5.74, 6) is 0.515. The first-order valence-electron chi connectivity index (χ1n) is 6.56. The molecule has 0 aliphatic heterocycles. The molecule has 21 heavy (non-hydrogen) atoms. The number of aromatic nitrogens is 3. The van der Waals surface area contributed by atoms with E-state index in [-0.39, 0.29) is 0 Å². The van der Waals surface area contributed by atoms with Gasteiger partial charge in [0.25, 0.3) is 0 Å². The Bertz CT molecular complexity index is 754. The normalized spacial score (nSPS) is 12.2. The summed E-state index contributed by atoms with van der Waals surface area (Å²) in [6.07, 6.45) is 10.7. The zero-order valence-corrected chi connectivity index (χ0v) is 12.5. The summed E-state index contributed by atoms with van der Waals surface area (Å²) in [4.78, 5) is 8.23. The third-order valence-corrected chi connectivity index (χ3v) is 3.93. The van der Waals surface area contributed by atoms with Crippen molar-refractivity contribution in [2.24, 2.45) is 0 Å². The van der Waals surface area contributed by atoms with E-state index in [1.807, 2.05) is 35.2 Å². The summed E-state index contributed by atoms with van der Waals surface area (Å²) in [6, 6.07) is 10.1. The molecule has 5 heteroatoms. The van der Waals surface area contributed by atoms with Gasteiger partial charge in [-0.25, -0.2) is 4.98 Å². The molecule has 0 aliphatic rings. The van der Waals surface area contributed by atoms with Crippen LogP contribution in [0.1, 0.15) is 5.56 Å². The van der Waals surface area contributed by atoms with Crippen molar-refractivity contribution < 1.29 is 4.21 Å². The largest absolute Gasteiger partial charge is 0.306 e. The summed E-state index contributed by atoms with van der Waals surface area (Å²) in [5, 5.41) is 0. The van der Waals surface area contributed by atoms with Gasteiger partial charge in [0.2, 0.25) is 0 Å². The highest BCUT2D eigenvalue weighted by Gasteiger charge is 2.09. The standard InChI is InChI=1S/C16H15N3OS/c1-21(20)11-15-9-13(14-3-2-6-17-10-14)4-5-16(15)19-8-7-18-12-19/h2-10,12H,11H2,1H3. The number of imidazole rings is 1. The number of pyridine rings is 1. The Morgan fingerprint density at radius 2 is 2.05 bits per heavy atom. The van der Waals surface area contributed by atoms with Crippen LogP contribution in [-0.2, 0) is 16.6 Å². The molecule has 0 saturated carbocycles. The van der Waals surface area contributed by atoms with Crippen molar-refractivity contribution in [1.29, 1.82) is 0 Å². The molecule has 1 aromatic carbocycles. The van der Waals surface area contributed by atoms with Gasteiger partial charge in [-0.2, -0.15) is 0 Å². The maximum absolute atomic E-state index is 11.7. The minimum atomic E-state index is -0.902. The van der Waals surface area contributed by atoms with Gasteiger partial charge in [0.15, 0.2) is 0 Å². The molecule has 4 nitrogen and oxygen atoms in total. The quantitative estimate of drug-likeness (QED) is 0.744. The van der Waals surface area contributed by atoms with Gasteiger partial charge >= 0.3 is 0 Å². The Labute approximate surface area is 126 Å². The monoisotopic (exact) mass is 297 g/mol. The Hall–Kier alpha value is -2.27. The summed E-state index contributed by atoms with van der Waals surface area (Å²) in [5.41, 5.74) is 4.18. The van der Waals surface area contributed by atoms with Gasteiger partial charge in [-0.05, 0) is 34.9 Å². The first-order valence-corrected chi connectivity index (χ1v) is 8.28. The third kappa shape index (κ3) is 3.08. The minimum absolute atomic E-state index is 0.515. The van der Waals surface area contributed by atoms with Crippen LogP contribution in [-0.4, -0.2) is 25.0 Å². The average molecular weight is 297 g/mol. The molecular weight excluding hydrogens is 282 g/mol. The molecule has 0 radical (unpaired) electrons. The first kappa shape index (κ1) is 13.7. The van der Waals surface area contributed by atoms with Crippen LogP contribution >= 0.6 is 0 Å². The number of hydrogen-bond acceptors (Lipinski definition) is 3. The summed E-state index contributed by atoms with van der Waals surface area (Å²) >= 11 is 0. The van der Waals surface area contributed by atoms with E-state index in [0.29, 0.717) is 5.75 Å². The van der Waals surface area contributed by atoms with Crippen LogP contribution in [0, 0.1) is 0 Å². The van der Waals surface area contributed by atoms with E-state index in [4.69, 9.17) is 0 Å². The number of benzene rings is 1. The van der Waals surface area contributed by atoms with Gasteiger partial charge in [0, 0.05) is 41.8 Å². The van der Waals surface area contributed by atoms with Crippen molar-refractivity contribution in [3.8, 4) is 16.8 Å². The Morgan fingerprint density at radius 3 is 2.71 bits per heavy atom. The summed E-state index contributed by atoms with van der Waals surface area (Å²) in [6.45, 7) is 0. The molecule has 3 aromatic rings. The molecule has 0 aliphatic carbocycles. The lowest BCUT2D eigenvalue weighted by Crippen LogP contribution is -2.01. The zero-order chi connectivity index (χ0) is 14.7. The highest BCUT2D eigenvalue weighted by Crippen LogP contribution is 2.25. The molecule has 0 spiro atoms. The lowest BCUT2D eigenvalue weighted by atomic mass is 10.0. The third-order valence-electron chi connectivity index (χ3n) is 3.22. The average Bonchev–Trinajstić information content (AvgIpc) is 3.01. The van der Waals surface area contributed by atoms with Crippen LogP contribution in [0.25, 0.3) is 16.8 Å². The van der Waals surface area contributed by atoms with Crippen molar-refractivity contribution in [2.45, 2.75) is 5.75 Å². The van der Waals surface area contributed by atoms with Crippen molar-refractivity contribution in [2.75, 3.05) is 6.26 Å². The predicted molar refractivity (Wildman–Crippen MR) is 84.6 cm³/mol. The molecule has 0 fully saturated rings. The molecule has 2 aromatic heterocycles. The van der Waals surface area contributed by atoms with Crippen LogP contribution in [0.2, 0.25) is 0 Å². The van der Waals surface area contributed by atoms with E-state index in [1.54, 1.807) is 25.0 Å². The van der Waals surface area contributed by atoms with Gasteiger partial charge in [-0.1, -0.05) is 12.1 Å². The highest BCUT2D eigenvalue weighted by atomic mass is 32.2. The van der Waals surface area contributed by atoms with Crippen LogP contribution in [0.4, 0.5) is 0 Å². The van der Waals surface area contributed by atoms with Crippen LogP contribution in [0.5, 0.6) is 0 Å². The van der Waals surface area contributed by atoms with E-state index in [1.165, 1.54) is 0 Å². The van der Waals surface area contributed by atoms with Gasteiger partial charge in [-0.15, -0.1) is 0 Å². The van der Waals surface area contributed by atoms with Gasteiger partial charge in [0.1, 0.15) is 0 Å². The molecular formula is C16H15N3OS. The maximum atomic E-state index is 11.7. The van der Waals surface area contributed by atoms with E-state index >= 15 is 0 Å². The van der Waals surface area contributed by atoms with E-state index in [0.717, 1.165) is 22.4 Å². The van der Waals surface area contributed by atoms with Crippen LogP contribution in [0.15, 0.2) is 61.4 Å². The molecule has 2 heterocycles. The fraction of sp³-hybridized carbons (Fsp3) is 0.125. The number of nitrogens with zero attached hydrogens (tertiary/aromatic N) is 3. The van der Waals surface area contributed by atoms with Gasteiger partial charge < -0.3 is 4.57 Å². The molecule has 0 N–H and O–H groups in total. The SMILES string of the molecule is CS(=O)Cc1cc(-c2cccnc2)ccc1-n1ccnc1. The van der Waals surface area contributed by atoms with Crippen molar-refractivity contribution in [3.63, 3.8) is 0 Å². The Balaban J connectivity index is 2.09.